The molecule has 1 aliphatic rings. The first-order valence-electron chi connectivity index (χ1n) is 7.07. The Hall–Kier alpha value is -1.20. The van der Waals surface area contributed by atoms with Crippen LogP contribution in [0.15, 0.2) is 33.3 Å². The molecule has 0 saturated heterocycles. The maximum atomic E-state index is 5.87. The van der Waals surface area contributed by atoms with Crippen molar-refractivity contribution in [2.45, 2.75) is 31.6 Å². The largest absolute Gasteiger partial charge is 0.339 e. The van der Waals surface area contributed by atoms with E-state index in [9.17, 15) is 0 Å². The molecule has 1 aliphatic carbocycles. The van der Waals surface area contributed by atoms with Crippen LogP contribution >= 0.6 is 15.9 Å². The van der Waals surface area contributed by atoms with Gasteiger partial charge in [0.25, 0.3) is 0 Å². The fraction of sp³-hybridized carbons (Fsp3) is 0.467. The van der Waals surface area contributed by atoms with Gasteiger partial charge in [-0.1, -0.05) is 33.9 Å². The summed E-state index contributed by atoms with van der Waals surface area (Å²) in [5.74, 6) is 2.21. The minimum absolute atomic E-state index is 0.324. The smallest absolute Gasteiger partial charge is 0.230 e. The predicted octanol–water partition coefficient (Wildman–Crippen LogP) is 3.73. The average Bonchev–Trinajstić information content (AvgIpc) is 2.97. The van der Waals surface area contributed by atoms with Gasteiger partial charge in [0, 0.05) is 16.0 Å². The molecule has 0 amide bonds. The van der Waals surface area contributed by atoms with Crippen LogP contribution in [0.4, 0.5) is 0 Å². The zero-order chi connectivity index (χ0) is 13.9. The molecule has 1 fully saturated rings. The standard InChI is InChI=1S/C15H18BrN3O/c16-12-7-5-10(6-8-12)14-18-15(20-19-14)13-4-2-1-3-11(13)9-17/h5-8,11,13H,1-4,9,17H2. The second-order valence-corrected chi connectivity index (χ2v) is 6.27. The lowest BCUT2D eigenvalue weighted by Crippen LogP contribution is -2.25. The van der Waals surface area contributed by atoms with Crippen molar-refractivity contribution in [3.05, 3.63) is 34.6 Å². The Labute approximate surface area is 126 Å². The van der Waals surface area contributed by atoms with Crippen LogP contribution in [-0.4, -0.2) is 16.7 Å². The van der Waals surface area contributed by atoms with Crippen molar-refractivity contribution in [1.29, 1.82) is 0 Å². The van der Waals surface area contributed by atoms with E-state index in [2.05, 4.69) is 26.1 Å². The van der Waals surface area contributed by atoms with Crippen molar-refractivity contribution in [3.8, 4) is 11.4 Å². The van der Waals surface area contributed by atoms with Crippen molar-refractivity contribution >= 4 is 15.9 Å². The number of hydrogen-bond acceptors (Lipinski definition) is 4. The van der Waals surface area contributed by atoms with Gasteiger partial charge in [-0.05, 0) is 49.6 Å². The molecule has 4 nitrogen and oxygen atoms in total. The van der Waals surface area contributed by atoms with Gasteiger partial charge in [-0.3, -0.25) is 0 Å². The zero-order valence-electron chi connectivity index (χ0n) is 11.3. The second-order valence-electron chi connectivity index (χ2n) is 5.35. The fourth-order valence-electron chi connectivity index (χ4n) is 2.92. The highest BCUT2D eigenvalue weighted by atomic mass is 79.9. The van der Waals surface area contributed by atoms with Crippen LogP contribution in [0.1, 0.15) is 37.5 Å². The van der Waals surface area contributed by atoms with Crippen molar-refractivity contribution in [2.75, 3.05) is 6.54 Å². The van der Waals surface area contributed by atoms with Gasteiger partial charge < -0.3 is 10.3 Å². The minimum atomic E-state index is 0.324. The van der Waals surface area contributed by atoms with Crippen LogP contribution < -0.4 is 5.73 Å². The van der Waals surface area contributed by atoms with E-state index in [4.69, 9.17) is 10.3 Å². The molecule has 2 aromatic rings. The van der Waals surface area contributed by atoms with Crippen molar-refractivity contribution in [1.82, 2.24) is 10.1 Å². The van der Waals surface area contributed by atoms with Gasteiger partial charge >= 0.3 is 0 Å². The Morgan fingerprint density at radius 2 is 1.95 bits per heavy atom. The van der Waals surface area contributed by atoms with E-state index in [1.54, 1.807) is 0 Å². The molecule has 0 spiro atoms. The van der Waals surface area contributed by atoms with Crippen LogP contribution in [0, 0.1) is 5.92 Å². The molecule has 0 bridgehead atoms. The Balaban J connectivity index is 1.84. The summed E-state index contributed by atoms with van der Waals surface area (Å²) in [4.78, 5) is 4.58. The van der Waals surface area contributed by atoms with Gasteiger partial charge in [0.2, 0.25) is 11.7 Å². The number of benzene rings is 1. The fourth-order valence-corrected chi connectivity index (χ4v) is 3.18. The van der Waals surface area contributed by atoms with E-state index in [1.165, 1.54) is 12.8 Å². The topological polar surface area (TPSA) is 64.9 Å². The Kier molecular flexibility index (Phi) is 4.17. The Morgan fingerprint density at radius 3 is 2.70 bits per heavy atom. The van der Waals surface area contributed by atoms with Crippen LogP contribution in [-0.2, 0) is 0 Å². The molecule has 1 aromatic carbocycles. The highest BCUT2D eigenvalue weighted by Gasteiger charge is 2.30. The van der Waals surface area contributed by atoms with E-state index >= 15 is 0 Å². The number of nitrogens with zero attached hydrogens (tertiary/aromatic N) is 2. The maximum Gasteiger partial charge on any atom is 0.230 e. The van der Waals surface area contributed by atoms with E-state index in [1.807, 2.05) is 24.3 Å². The van der Waals surface area contributed by atoms with Gasteiger partial charge in [-0.2, -0.15) is 4.98 Å². The molecular formula is C15H18BrN3O. The molecule has 20 heavy (non-hydrogen) atoms. The van der Waals surface area contributed by atoms with Gasteiger partial charge in [-0.15, -0.1) is 0 Å². The molecule has 1 aromatic heterocycles. The third kappa shape index (κ3) is 2.79. The number of rotatable bonds is 3. The van der Waals surface area contributed by atoms with Crippen LogP contribution in [0.25, 0.3) is 11.4 Å². The summed E-state index contributed by atoms with van der Waals surface area (Å²) >= 11 is 3.42. The summed E-state index contributed by atoms with van der Waals surface area (Å²) in [5.41, 5.74) is 6.85. The summed E-state index contributed by atoms with van der Waals surface area (Å²) in [6.45, 7) is 0.695. The predicted molar refractivity (Wildman–Crippen MR) is 81.2 cm³/mol. The van der Waals surface area contributed by atoms with E-state index in [0.29, 0.717) is 24.2 Å². The molecule has 2 unspecified atom stereocenters. The molecule has 2 N–H and O–H groups in total. The summed E-state index contributed by atoms with van der Waals surface area (Å²) < 4.78 is 6.53. The lowest BCUT2D eigenvalue weighted by Gasteiger charge is -2.27. The van der Waals surface area contributed by atoms with Crippen molar-refractivity contribution in [3.63, 3.8) is 0 Å². The van der Waals surface area contributed by atoms with Crippen LogP contribution in [0.3, 0.4) is 0 Å². The first kappa shape index (κ1) is 13.8. The van der Waals surface area contributed by atoms with Crippen molar-refractivity contribution < 1.29 is 4.52 Å². The van der Waals surface area contributed by atoms with E-state index in [-0.39, 0.29) is 0 Å². The summed E-state index contributed by atoms with van der Waals surface area (Å²) in [5, 5.41) is 4.12. The van der Waals surface area contributed by atoms with Gasteiger partial charge in [0.05, 0.1) is 0 Å². The van der Waals surface area contributed by atoms with Crippen molar-refractivity contribution in [2.24, 2.45) is 11.7 Å². The minimum Gasteiger partial charge on any atom is -0.339 e. The molecule has 2 atom stereocenters. The molecule has 0 radical (unpaired) electrons. The lowest BCUT2D eigenvalue weighted by molar-refractivity contribution is 0.249. The normalized spacial score (nSPS) is 22.9. The molecule has 1 saturated carbocycles. The molecule has 5 heteroatoms. The molecule has 0 aliphatic heterocycles. The van der Waals surface area contributed by atoms with Crippen LogP contribution in [0.2, 0.25) is 0 Å². The molecule has 1 heterocycles. The van der Waals surface area contributed by atoms with Crippen LogP contribution in [0.5, 0.6) is 0 Å². The third-order valence-corrected chi connectivity index (χ3v) is 4.60. The van der Waals surface area contributed by atoms with Gasteiger partial charge in [0.15, 0.2) is 0 Å². The molecular weight excluding hydrogens is 318 g/mol. The highest BCUT2D eigenvalue weighted by Crippen LogP contribution is 2.37. The average molecular weight is 336 g/mol. The number of hydrogen-bond donors (Lipinski definition) is 1. The first-order valence-corrected chi connectivity index (χ1v) is 7.87. The van der Waals surface area contributed by atoms with E-state index in [0.717, 1.165) is 28.8 Å². The lowest BCUT2D eigenvalue weighted by atomic mass is 9.79. The summed E-state index contributed by atoms with van der Waals surface area (Å²) in [6, 6.07) is 7.93. The second kappa shape index (κ2) is 6.06. The molecule has 3 rings (SSSR count). The number of halogens is 1. The summed E-state index contributed by atoms with van der Waals surface area (Å²) in [7, 11) is 0. The monoisotopic (exact) mass is 335 g/mol. The summed E-state index contributed by atoms with van der Waals surface area (Å²) in [6.07, 6.45) is 4.74. The molecule has 106 valence electrons. The zero-order valence-corrected chi connectivity index (χ0v) is 12.8. The maximum absolute atomic E-state index is 5.87. The van der Waals surface area contributed by atoms with Gasteiger partial charge in [-0.25, -0.2) is 0 Å². The quantitative estimate of drug-likeness (QED) is 0.927. The Morgan fingerprint density at radius 1 is 1.20 bits per heavy atom. The van der Waals surface area contributed by atoms with Gasteiger partial charge in [0.1, 0.15) is 0 Å². The first-order chi connectivity index (χ1) is 9.78. The SMILES string of the molecule is NCC1CCCCC1c1nc(-c2ccc(Br)cc2)no1. The Bertz CT molecular complexity index is 567. The highest BCUT2D eigenvalue weighted by molar-refractivity contribution is 9.10. The number of aromatic nitrogens is 2. The van der Waals surface area contributed by atoms with E-state index < -0.39 is 0 Å². The number of nitrogens with two attached hydrogens (primary N) is 1. The third-order valence-electron chi connectivity index (χ3n) is 4.07.